The number of hydrogen-bond donors (Lipinski definition) is 0. The molecule has 100 valence electrons. The summed E-state index contributed by atoms with van der Waals surface area (Å²) in [6, 6.07) is 5.87. The number of pyridine rings is 1. The van der Waals surface area contributed by atoms with Gasteiger partial charge in [0.05, 0.1) is 11.6 Å². The lowest BCUT2D eigenvalue weighted by atomic mass is 10.2. The Hall–Kier alpha value is -1.56. The van der Waals surface area contributed by atoms with Gasteiger partial charge < -0.3 is 4.90 Å². The van der Waals surface area contributed by atoms with Gasteiger partial charge in [0, 0.05) is 18.8 Å². The van der Waals surface area contributed by atoms with E-state index in [1.54, 1.807) is 0 Å². The first kappa shape index (κ1) is 16.4. The molecule has 0 aromatic carbocycles. The highest BCUT2D eigenvalue weighted by atomic mass is 15.2. The molecule has 0 amide bonds. The van der Waals surface area contributed by atoms with E-state index in [-0.39, 0.29) is 0 Å². The van der Waals surface area contributed by atoms with Gasteiger partial charge in [0.2, 0.25) is 0 Å². The minimum Gasteiger partial charge on any atom is -0.357 e. The van der Waals surface area contributed by atoms with E-state index in [4.69, 9.17) is 5.26 Å². The zero-order chi connectivity index (χ0) is 14.0. The monoisotopic (exact) mass is 247 g/mol. The van der Waals surface area contributed by atoms with Crippen LogP contribution in [0.4, 0.5) is 5.82 Å². The van der Waals surface area contributed by atoms with Gasteiger partial charge in [-0.3, -0.25) is 0 Å². The zero-order valence-electron chi connectivity index (χ0n) is 12.3. The molecule has 0 N–H and O–H groups in total. The molecule has 18 heavy (non-hydrogen) atoms. The highest BCUT2D eigenvalue weighted by Gasteiger charge is 2.07. The van der Waals surface area contributed by atoms with Gasteiger partial charge in [-0.05, 0) is 31.9 Å². The number of aryl methyl sites for hydroxylation is 1. The van der Waals surface area contributed by atoms with Gasteiger partial charge in [-0.2, -0.15) is 5.26 Å². The average Bonchev–Trinajstić information content (AvgIpc) is 2.40. The van der Waals surface area contributed by atoms with Crippen molar-refractivity contribution in [2.45, 2.75) is 47.5 Å². The molecule has 3 nitrogen and oxygen atoms in total. The van der Waals surface area contributed by atoms with Crippen LogP contribution in [0.25, 0.3) is 0 Å². The summed E-state index contributed by atoms with van der Waals surface area (Å²) in [7, 11) is 0. The molecule has 0 bridgehead atoms. The Kier molecular flexibility index (Phi) is 8.65. The summed E-state index contributed by atoms with van der Waals surface area (Å²) in [5, 5.41) is 8.93. The number of nitrogens with zero attached hydrogens (tertiary/aromatic N) is 3. The quantitative estimate of drug-likeness (QED) is 0.792. The van der Waals surface area contributed by atoms with Crippen LogP contribution in [0.2, 0.25) is 0 Å². The van der Waals surface area contributed by atoms with E-state index in [0.717, 1.165) is 37.4 Å². The molecule has 0 aliphatic carbocycles. The third-order valence-electron chi connectivity index (χ3n) is 2.38. The fourth-order valence-electron chi connectivity index (χ4n) is 1.76. The molecule has 0 radical (unpaired) electrons. The Morgan fingerprint density at radius 1 is 1.17 bits per heavy atom. The highest BCUT2D eigenvalue weighted by molar-refractivity contribution is 5.46. The van der Waals surface area contributed by atoms with Crippen molar-refractivity contribution in [1.82, 2.24) is 4.98 Å². The van der Waals surface area contributed by atoms with Crippen molar-refractivity contribution >= 4 is 5.82 Å². The Morgan fingerprint density at radius 3 is 2.17 bits per heavy atom. The molecular formula is C15H25N3. The minimum atomic E-state index is 0.694. The Bertz CT molecular complexity index is 374. The molecule has 3 heteroatoms. The Balaban J connectivity index is 0.00000137. The normalized spacial score (nSPS) is 9.11. The maximum atomic E-state index is 8.93. The number of nitriles is 1. The van der Waals surface area contributed by atoms with Crippen LogP contribution in [-0.4, -0.2) is 18.1 Å². The summed E-state index contributed by atoms with van der Waals surface area (Å²) >= 11 is 0. The Morgan fingerprint density at radius 2 is 1.72 bits per heavy atom. The summed E-state index contributed by atoms with van der Waals surface area (Å²) in [6.07, 6.45) is 2.19. The molecule has 0 unspecified atom stereocenters. The molecule has 0 aliphatic rings. The van der Waals surface area contributed by atoms with Crippen molar-refractivity contribution < 1.29 is 0 Å². The molecular weight excluding hydrogens is 222 g/mol. The first-order valence-corrected chi connectivity index (χ1v) is 6.85. The fourth-order valence-corrected chi connectivity index (χ4v) is 1.76. The van der Waals surface area contributed by atoms with Gasteiger partial charge in [-0.15, -0.1) is 0 Å². The van der Waals surface area contributed by atoms with Crippen LogP contribution in [0.3, 0.4) is 0 Å². The molecule has 1 aromatic rings. The lowest BCUT2D eigenvalue weighted by Crippen LogP contribution is -2.26. The lowest BCUT2D eigenvalue weighted by molar-refractivity contribution is 0.732. The second kappa shape index (κ2) is 9.47. The number of hydrogen-bond acceptors (Lipinski definition) is 3. The third kappa shape index (κ3) is 5.18. The number of anilines is 1. The van der Waals surface area contributed by atoms with E-state index in [2.05, 4.69) is 29.8 Å². The largest absolute Gasteiger partial charge is 0.357 e. The minimum absolute atomic E-state index is 0.694. The summed E-state index contributed by atoms with van der Waals surface area (Å²) < 4.78 is 0. The summed E-state index contributed by atoms with van der Waals surface area (Å²) in [6.45, 7) is 12.2. The van der Waals surface area contributed by atoms with Crippen LogP contribution in [0.15, 0.2) is 12.1 Å². The topological polar surface area (TPSA) is 39.9 Å². The Labute approximate surface area is 111 Å². The molecule has 1 aromatic heterocycles. The van der Waals surface area contributed by atoms with Gasteiger partial charge in [0.25, 0.3) is 0 Å². The van der Waals surface area contributed by atoms with Crippen molar-refractivity contribution in [1.29, 1.82) is 5.26 Å². The predicted octanol–water partition coefficient (Wildman–Crippen LogP) is 3.91. The molecule has 0 saturated carbocycles. The van der Waals surface area contributed by atoms with Crippen molar-refractivity contribution in [3.8, 4) is 6.07 Å². The number of aromatic nitrogens is 1. The van der Waals surface area contributed by atoms with Crippen LogP contribution >= 0.6 is 0 Å². The van der Waals surface area contributed by atoms with E-state index >= 15 is 0 Å². The van der Waals surface area contributed by atoms with Gasteiger partial charge in [0.15, 0.2) is 0 Å². The standard InChI is InChI=1S/C13H19N3.C2H6/c1-4-6-16(7-5-2)13-9-12(10-14)8-11(3)15-13;1-2/h8-9H,4-7H2,1-3H3;1-2H3. The third-order valence-corrected chi connectivity index (χ3v) is 2.38. The molecule has 1 heterocycles. The van der Waals surface area contributed by atoms with Crippen LogP contribution in [-0.2, 0) is 0 Å². The molecule has 0 atom stereocenters. The zero-order valence-corrected chi connectivity index (χ0v) is 12.3. The number of rotatable bonds is 5. The van der Waals surface area contributed by atoms with E-state index < -0.39 is 0 Å². The predicted molar refractivity (Wildman–Crippen MR) is 77.8 cm³/mol. The molecule has 0 fully saturated rings. The molecule has 1 rings (SSSR count). The highest BCUT2D eigenvalue weighted by Crippen LogP contribution is 2.15. The van der Waals surface area contributed by atoms with Crippen LogP contribution in [0.5, 0.6) is 0 Å². The summed E-state index contributed by atoms with van der Waals surface area (Å²) in [5.74, 6) is 0.931. The van der Waals surface area contributed by atoms with Crippen LogP contribution < -0.4 is 4.90 Å². The smallest absolute Gasteiger partial charge is 0.130 e. The van der Waals surface area contributed by atoms with E-state index in [1.165, 1.54) is 0 Å². The first-order chi connectivity index (χ1) is 8.71. The maximum absolute atomic E-state index is 8.93. The van der Waals surface area contributed by atoms with Gasteiger partial charge >= 0.3 is 0 Å². The lowest BCUT2D eigenvalue weighted by Gasteiger charge is -2.22. The van der Waals surface area contributed by atoms with Crippen molar-refractivity contribution in [2.24, 2.45) is 0 Å². The molecule has 0 spiro atoms. The fraction of sp³-hybridized carbons (Fsp3) is 0.600. The summed E-state index contributed by atoms with van der Waals surface area (Å²) in [4.78, 5) is 6.74. The van der Waals surface area contributed by atoms with Gasteiger partial charge in [-0.1, -0.05) is 27.7 Å². The SMILES string of the molecule is CC.CCCN(CCC)c1cc(C#N)cc(C)n1. The van der Waals surface area contributed by atoms with Gasteiger partial charge in [-0.25, -0.2) is 4.98 Å². The van der Waals surface area contributed by atoms with E-state index in [0.29, 0.717) is 5.56 Å². The first-order valence-electron chi connectivity index (χ1n) is 6.85. The van der Waals surface area contributed by atoms with Crippen molar-refractivity contribution in [3.63, 3.8) is 0 Å². The van der Waals surface area contributed by atoms with E-state index in [1.807, 2.05) is 32.9 Å². The summed E-state index contributed by atoms with van der Waals surface area (Å²) in [5.41, 5.74) is 1.60. The van der Waals surface area contributed by atoms with Crippen LogP contribution in [0.1, 0.15) is 51.8 Å². The second-order valence-corrected chi connectivity index (χ2v) is 3.95. The molecule has 0 aliphatic heterocycles. The van der Waals surface area contributed by atoms with E-state index in [9.17, 15) is 0 Å². The van der Waals surface area contributed by atoms with Crippen LogP contribution in [0, 0.1) is 18.3 Å². The molecule has 0 saturated heterocycles. The van der Waals surface area contributed by atoms with Crippen molar-refractivity contribution in [3.05, 3.63) is 23.4 Å². The second-order valence-electron chi connectivity index (χ2n) is 3.95. The van der Waals surface area contributed by atoms with Gasteiger partial charge in [0.1, 0.15) is 5.82 Å². The average molecular weight is 247 g/mol. The van der Waals surface area contributed by atoms with Crippen molar-refractivity contribution in [2.75, 3.05) is 18.0 Å². The maximum Gasteiger partial charge on any atom is 0.130 e.